The summed E-state index contributed by atoms with van der Waals surface area (Å²) < 4.78 is 13.8. The predicted octanol–water partition coefficient (Wildman–Crippen LogP) is 6.98. The standard InChI is InChI=1S/C30H39N5O3/c1-20-17-23(22-9-6-7-10-22)19-25(18-20)37-27-12-8-11-26(31-27)28-21(2)32-33-35(28)24-13-15-34(16-14-24)29(36)38-30(3,4)5/h8,11-12,17-19,22,24H,6-7,9-10,13-16H2,1-5H3. The molecule has 0 radical (unpaired) electrons. The van der Waals surface area contributed by atoms with E-state index in [2.05, 4.69) is 35.4 Å². The van der Waals surface area contributed by atoms with Gasteiger partial charge in [-0.1, -0.05) is 30.2 Å². The summed E-state index contributed by atoms with van der Waals surface area (Å²) in [7, 11) is 0. The second-order valence-corrected chi connectivity index (χ2v) is 11.7. The van der Waals surface area contributed by atoms with Crippen LogP contribution in [0.2, 0.25) is 0 Å². The third-order valence-electron chi connectivity index (χ3n) is 7.41. The molecule has 1 saturated carbocycles. The highest BCUT2D eigenvalue weighted by molar-refractivity contribution is 5.68. The number of amides is 1. The molecular formula is C30H39N5O3. The number of rotatable bonds is 5. The Morgan fingerprint density at radius 1 is 1.00 bits per heavy atom. The van der Waals surface area contributed by atoms with Crippen LogP contribution in [0.25, 0.3) is 11.4 Å². The van der Waals surface area contributed by atoms with Gasteiger partial charge < -0.3 is 14.4 Å². The number of aryl methyl sites for hydroxylation is 2. The second-order valence-electron chi connectivity index (χ2n) is 11.7. The van der Waals surface area contributed by atoms with Crippen molar-refractivity contribution in [2.75, 3.05) is 13.1 Å². The monoisotopic (exact) mass is 517 g/mol. The molecule has 0 atom stereocenters. The Bertz CT molecular complexity index is 1280. The van der Waals surface area contributed by atoms with E-state index in [-0.39, 0.29) is 12.1 Å². The van der Waals surface area contributed by atoms with Gasteiger partial charge in [0, 0.05) is 19.2 Å². The SMILES string of the molecule is Cc1cc(Oc2cccc(-c3c(C)nnn3C3CCN(C(=O)OC(C)(C)C)CC3)n2)cc(C2CCCC2)c1. The number of likely N-dealkylation sites (tertiary alicyclic amines) is 1. The Morgan fingerprint density at radius 3 is 2.45 bits per heavy atom. The molecule has 3 aromatic rings. The summed E-state index contributed by atoms with van der Waals surface area (Å²) in [6, 6.07) is 12.5. The molecule has 38 heavy (non-hydrogen) atoms. The summed E-state index contributed by atoms with van der Waals surface area (Å²) in [5.41, 5.74) is 4.56. The van der Waals surface area contributed by atoms with Crippen molar-refractivity contribution >= 4 is 6.09 Å². The average Bonchev–Trinajstić information content (AvgIpc) is 3.53. The van der Waals surface area contributed by atoms with Crippen LogP contribution in [-0.4, -0.2) is 49.7 Å². The van der Waals surface area contributed by atoms with E-state index in [1.165, 1.54) is 36.8 Å². The second kappa shape index (κ2) is 10.8. The molecular weight excluding hydrogens is 478 g/mol. The molecule has 2 aliphatic rings. The van der Waals surface area contributed by atoms with Crippen LogP contribution in [-0.2, 0) is 4.74 Å². The number of aromatic nitrogens is 4. The molecule has 0 bridgehead atoms. The van der Waals surface area contributed by atoms with Crippen LogP contribution in [0.1, 0.15) is 88.1 Å². The number of piperidine rings is 1. The number of ether oxygens (including phenoxy) is 2. The van der Waals surface area contributed by atoms with Crippen LogP contribution in [0.3, 0.4) is 0 Å². The molecule has 8 heteroatoms. The lowest BCUT2D eigenvalue weighted by atomic mass is 9.96. The molecule has 1 saturated heterocycles. The Morgan fingerprint density at radius 2 is 1.74 bits per heavy atom. The highest BCUT2D eigenvalue weighted by Gasteiger charge is 2.30. The number of carbonyl (C=O) groups is 1. The van der Waals surface area contributed by atoms with Gasteiger partial charge in [-0.25, -0.2) is 14.5 Å². The zero-order valence-electron chi connectivity index (χ0n) is 23.2. The van der Waals surface area contributed by atoms with E-state index < -0.39 is 5.60 Å². The minimum Gasteiger partial charge on any atom is -0.444 e. The van der Waals surface area contributed by atoms with Crippen LogP contribution in [0, 0.1) is 13.8 Å². The number of hydrogen-bond acceptors (Lipinski definition) is 6. The summed E-state index contributed by atoms with van der Waals surface area (Å²) in [5, 5.41) is 8.86. The average molecular weight is 518 g/mol. The molecule has 1 aliphatic carbocycles. The van der Waals surface area contributed by atoms with E-state index in [9.17, 15) is 4.79 Å². The molecule has 1 amide bonds. The molecule has 1 aromatic carbocycles. The molecule has 202 valence electrons. The van der Waals surface area contributed by atoms with Gasteiger partial charge in [0.05, 0.1) is 17.4 Å². The quantitative estimate of drug-likeness (QED) is 0.363. The fraction of sp³-hybridized carbons (Fsp3) is 0.533. The first-order valence-electron chi connectivity index (χ1n) is 13.8. The van der Waals surface area contributed by atoms with Crippen LogP contribution in [0.5, 0.6) is 11.6 Å². The van der Waals surface area contributed by atoms with Crippen LogP contribution in [0.4, 0.5) is 4.79 Å². The Balaban J connectivity index is 1.32. The maximum Gasteiger partial charge on any atom is 0.410 e. The van der Waals surface area contributed by atoms with E-state index in [0.29, 0.717) is 24.9 Å². The van der Waals surface area contributed by atoms with Gasteiger partial charge >= 0.3 is 6.09 Å². The predicted molar refractivity (Wildman–Crippen MR) is 147 cm³/mol. The van der Waals surface area contributed by atoms with Crippen LogP contribution >= 0.6 is 0 Å². The van der Waals surface area contributed by atoms with E-state index in [4.69, 9.17) is 14.5 Å². The summed E-state index contributed by atoms with van der Waals surface area (Å²) in [6.07, 6.45) is 6.41. The lowest BCUT2D eigenvalue weighted by Gasteiger charge is -2.33. The van der Waals surface area contributed by atoms with Crippen LogP contribution in [0.15, 0.2) is 36.4 Å². The van der Waals surface area contributed by atoms with Gasteiger partial charge in [-0.05, 0) is 95.5 Å². The van der Waals surface area contributed by atoms with Crippen molar-refractivity contribution in [3.8, 4) is 23.0 Å². The summed E-state index contributed by atoms with van der Waals surface area (Å²) >= 11 is 0. The Hall–Kier alpha value is -3.42. The van der Waals surface area contributed by atoms with E-state index in [1.54, 1.807) is 4.90 Å². The minimum atomic E-state index is -0.501. The van der Waals surface area contributed by atoms with Crippen molar-refractivity contribution in [2.24, 2.45) is 0 Å². The lowest BCUT2D eigenvalue weighted by Crippen LogP contribution is -2.42. The van der Waals surface area contributed by atoms with Crippen molar-refractivity contribution in [1.29, 1.82) is 0 Å². The molecule has 8 nitrogen and oxygen atoms in total. The van der Waals surface area contributed by atoms with E-state index in [0.717, 1.165) is 35.7 Å². The van der Waals surface area contributed by atoms with Crippen molar-refractivity contribution < 1.29 is 14.3 Å². The molecule has 2 fully saturated rings. The van der Waals surface area contributed by atoms with Gasteiger partial charge in [-0.3, -0.25) is 0 Å². The van der Waals surface area contributed by atoms with Crippen molar-refractivity contribution in [1.82, 2.24) is 24.9 Å². The first kappa shape index (κ1) is 26.2. The maximum absolute atomic E-state index is 12.5. The number of benzene rings is 1. The normalized spacial score (nSPS) is 17.1. The largest absolute Gasteiger partial charge is 0.444 e. The third-order valence-corrected chi connectivity index (χ3v) is 7.41. The first-order valence-corrected chi connectivity index (χ1v) is 13.8. The van der Waals surface area contributed by atoms with E-state index >= 15 is 0 Å². The fourth-order valence-electron chi connectivity index (χ4n) is 5.61. The van der Waals surface area contributed by atoms with E-state index in [1.807, 2.05) is 50.6 Å². The fourth-order valence-corrected chi connectivity index (χ4v) is 5.61. The Labute approximate surface area is 225 Å². The van der Waals surface area contributed by atoms with Gasteiger partial charge in [0.2, 0.25) is 5.88 Å². The maximum atomic E-state index is 12.5. The van der Waals surface area contributed by atoms with Gasteiger partial charge in [0.15, 0.2) is 0 Å². The number of nitrogens with zero attached hydrogens (tertiary/aromatic N) is 5. The smallest absolute Gasteiger partial charge is 0.410 e. The number of carbonyl (C=O) groups excluding carboxylic acids is 1. The molecule has 0 N–H and O–H groups in total. The van der Waals surface area contributed by atoms with Crippen molar-refractivity contribution in [3.05, 3.63) is 53.2 Å². The minimum absolute atomic E-state index is 0.127. The summed E-state index contributed by atoms with van der Waals surface area (Å²) in [6.45, 7) is 11.0. The van der Waals surface area contributed by atoms with Crippen molar-refractivity contribution in [3.63, 3.8) is 0 Å². The molecule has 3 heterocycles. The molecule has 5 rings (SSSR count). The highest BCUT2D eigenvalue weighted by Crippen LogP contribution is 2.37. The highest BCUT2D eigenvalue weighted by atomic mass is 16.6. The van der Waals surface area contributed by atoms with Crippen LogP contribution < -0.4 is 4.74 Å². The zero-order valence-corrected chi connectivity index (χ0v) is 23.2. The molecule has 0 unspecified atom stereocenters. The van der Waals surface area contributed by atoms with Gasteiger partial charge in [0.1, 0.15) is 17.0 Å². The number of pyridine rings is 1. The lowest BCUT2D eigenvalue weighted by molar-refractivity contribution is 0.0185. The number of hydrogen-bond donors (Lipinski definition) is 0. The molecule has 2 aromatic heterocycles. The van der Waals surface area contributed by atoms with Gasteiger partial charge in [-0.2, -0.15) is 0 Å². The summed E-state index contributed by atoms with van der Waals surface area (Å²) in [4.78, 5) is 19.1. The summed E-state index contributed by atoms with van der Waals surface area (Å²) in [5.74, 6) is 2.01. The van der Waals surface area contributed by atoms with Crippen molar-refractivity contribution in [2.45, 2.75) is 90.7 Å². The first-order chi connectivity index (χ1) is 18.2. The molecule has 1 aliphatic heterocycles. The third kappa shape index (κ3) is 6.00. The zero-order chi connectivity index (χ0) is 26.9. The molecule has 0 spiro atoms. The topological polar surface area (TPSA) is 82.4 Å². The van der Waals surface area contributed by atoms with Gasteiger partial charge in [0.25, 0.3) is 0 Å². The Kier molecular flexibility index (Phi) is 7.41. The van der Waals surface area contributed by atoms with Gasteiger partial charge in [-0.15, -0.1) is 5.10 Å².